The number of benzene rings is 1. The highest BCUT2D eigenvalue weighted by Gasteiger charge is 2.28. The minimum absolute atomic E-state index is 0.126. The number of para-hydroxylation sites is 1. The molecule has 2 aromatic rings. The van der Waals surface area contributed by atoms with Crippen molar-refractivity contribution in [2.75, 3.05) is 13.1 Å². The number of carbonyl (C=O) groups is 1. The molecular weight excluding hydrogens is 268 g/mol. The van der Waals surface area contributed by atoms with Gasteiger partial charge in [-0.1, -0.05) is 12.1 Å². The predicted molar refractivity (Wildman–Crippen MR) is 79.8 cm³/mol. The van der Waals surface area contributed by atoms with Gasteiger partial charge in [0.25, 0.3) is 5.56 Å². The summed E-state index contributed by atoms with van der Waals surface area (Å²) < 4.78 is 0. The highest BCUT2D eigenvalue weighted by atomic mass is 16.2. The number of nitrogens with zero attached hydrogens (tertiary/aromatic N) is 1. The molecule has 0 saturated heterocycles. The highest BCUT2D eigenvalue weighted by molar-refractivity contribution is 5.80. The molecule has 0 spiro atoms. The van der Waals surface area contributed by atoms with Gasteiger partial charge in [-0.25, -0.2) is 4.98 Å². The molecule has 1 aromatic carbocycles. The fourth-order valence-corrected chi connectivity index (χ4v) is 2.19. The Morgan fingerprint density at radius 2 is 2.10 bits per heavy atom. The fraction of sp³-hybridized carbons (Fsp3) is 0.400. The maximum Gasteiger partial charge on any atom is 0.258 e. The Morgan fingerprint density at radius 3 is 2.90 bits per heavy atom. The van der Waals surface area contributed by atoms with Crippen molar-refractivity contribution >= 4 is 16.8 Å². The first-order chi connectivity index (χ1) is 10.2. The third-order valence-electron chi connectivity index (χ3n) is 3.50. The largest absolute Gasteiger partial charge is 0.355 e. The van der Waals surface area contributed by atoms with E-state index in [1.807, 2.05) is 18.2 Å². The quantitative estimate of drug-likeness (QED) is 0.676. The average Bonchev–Trinajstić information content (AvgIpc) is 3.31. The molecule has 110 valence electrons. The lowest BCUT2D eigenvalue weighted by Crippen LogP contribution is -2.33. The van der Waals surface area contributed by atoms with Gasteiger partial charge in [-0.15, -0.1) is 0 Å². The zero-order chi connectivity index (χ0) is 14.7. The zero-order valence-corrected chi connectivity index (χ0v) is 11.7. The lowest BCUT2D eigenvalue weighted by Gasteiger charge is -2.06. The molecule has 1 heterocycles. The van der Waals surface area contributed by atoms with E-state index in [0.717, 1.165) is 12.8 Å². The third kappa shape index (κ3) is 3.46. The maximum atomic E-state index is 11.9. The average molecular weight is 286 g/mol. The second-order valence-corrected chi connectivity index (χ2v) is 5.27. The Kier molecular flexibility index (Phi) is 3.96. The normalized spacial score (nSPS) is 14.3. The van der Waals surface area contributed by atoms with Gasteiger partial charge in [0.05, 0.1) is 17.4 Å². The van der Waals surface area contributed by atoms with Crippen LogP contribution < -0.4 is 16.2 Å². The van der Waals surface area contributed by atoms with Crippen LogP contribution in [0, 0.1) is 5.92 Å². The molecule has 1 aromatic heterocycles. The second-order valence-electron chi connectivity index (χ2n) is 5.27. The molecule has 0 unspecified atom stereocenters. The van der Waals surface area contributed by atoms with Crippen molar-refractivity contribution < 1.29 is 4.79 Å². The summed E-state index contributed by atoms with van der Waals surface area (Å²) in [5.41, 5.74) is 0.569. The number of aromatic amines is 1. The summed E-state index contributed by atoms with van der Waals surface area (Å²) in [5, 5.41) is 6.63. The molecule has 1 amide bonds. The Balaban J connectivity index is 1.51. The van der Waals surface area contributed by atoms with E-state index in [9.17, 15) is 9.59 Å². The molecule has 1 fully saturated rings. The summed E-state index contributed by atoms with van der Waals surface area (Å²) in [6, 6.07) is 7.26. The molecular formula is C15H18N4O2. The van der Waals surface area contributed by atoms with E-state index in [0.29, 0.717) is 36.4 Å². The van der Waals surface area contributed by atoms with Gasteiger partial charge in [-0.3, -0.25) is 9.59 Å². The van der Waals surface area contributed by atoms with E-state index in [1.165, 1.54) is 0 Å². The standard InChI is InChI=1S/C15H18N4O2/c20-14(10-5-6-10)17-8-7-16-9-13-18-12-4-2-1-3-11(12)15(21)19-13/h1-4,10,16H,5-9H2,(H,17,20)(H,18,19,21). The molecule has 0 atom stereocenters. The number of hydrogen-bond acceptors (Lipinski definition) is 4. The minimum Gasteiger partial charge on any atom is -0.355 e. The van der Waals surface area contributed by atoms with Crippen LogP contribution in [0.5, 0.6) is 0 Å². The molecule has 3 rings (SSSR count). The molecule has 1 aliphatic rings. The summed E-state index contributed by atoms with van der Waals surface area (Å²) in [7, 11) is 0. The van der Waals surface area contributed by atoms with Crippen LogP contribution in [0.4, 0.5) is 0 Å². The van der Waals surface area contributed by atoms with Crippen LogP contribution in [0.1, 0.15) is 18.7 Å². The van der Waals surface area contributed by atoms with Crippen molar-refractivity contribution in [1.29, 1.82) is 0 Å². The molecule has 1 saturated carbocycles. The number of nitrogens with one attached hydrogen (secondary N) is 3. The molecule has 3 N–H and O–H groups in total. The van der Waals surface area contributed by atoms with Crippen LogP contribution in [-0.4, -0.2) is 29.0 Å². The lowest BCUT2D eigenvalue weighted by atomic mass is 10.2. The molecule has 6 heteroatoms. The smallest absolute Gasteiger partial charge is 0.258 e. The van der Waals surface area contributed by atoms with Crippen LogP contribution >= 0.6 is 0 Å². The van der Waals surface area contributed by atoms with Gasteiger partial charge in [-0.05, 0) is 25.0 Å². The molecule has 0 radical (unpaired) electrons. The first-order valence-electron chi connectivity index (χ1n) is 7.20. The van der Waals surface area contributed by atoms with Crippen LogP contribution in [0.15, 0.2) is 29.1 Å². The molecule has 0 bridgehead atoms. The van der Waals surface area contributed by atoms with Crippen LogP contribution in [0.25, 0.3) is 10.9 Å². The first-order valence-corrected chi connectivity index (χ1v) is 7.20. The number of aromatic nitrogens is 2. The minimum atomic E-state index is -0.126. The Hall–Kier alpha value is -2.21. The summed E-state index contributed by atoms with van der Waals surface area (Å²) in [6.07, 6.45) is 2.03. The number of carbonyl (C=O) groups excluding carboxylic acids is 1. The Labute approximate surface area is 122 Å². The Bertz CT molecular complexity index is 706. The lowest BCUT2D eigenvalue weighted by molar-refractivity contribution is -0.122. The van der Waals surface area contributed by atoms with Gasteiger partial charge >= 0.3 is 0 Å². The van der Waals surface area contributed by atoms with Crippen molar-refractivity contribution in [3.8, 4) is 0 Å². The van der Waals surface area contributed by atoms with Gasteiger partial charge < -0.3 is 15.6 Å². The van der Waals surface area contributed by atoms with E-state index in [-0.39, 0.29) is 17.4 Å². The summed E-state index contributed by atoms with van der Waals surface area (Å²) in [5.74, 6) is 0.991. The number of H-pyrrole nitrogens is 1. The van der Waals surface area contributed by atoms with E-state index >= 15 is 0 Å². The number of rotatable bonds is 6. The fourth-order valence-electron chi connectivity index (χ4n) is 2.19. The van der Waals surface area contributed by atoms with Crippen molar-refractivity contribution in [2.45, 2.75) is 19.4 Å². The van der Waals surface area contributed by atoms with Gasteiger partial charge in [0.15, 0.2) is 0 Å². The molecule has 21 heavy (non-hydrogen) atoms. The van der Waals surface area contributed by atoms with Crippen LogP contribution in [-0.2, 0) is 11.3 Å². The Morgan fingerprint density at radius 1 is 1.29 bits per heavy atom. The van der Waals surface area contributed by atoms with Gasteiger partial charge in [0.1, 0.15) is 5.82 Å². The molecule has 0 aliphatic heterocycles. The van der Waals surface area contributed by atoms with E-state index in [1.54, 1.807) is 6.07 Å². The van der Waals surface area contributed by atoms with Crippen molar-refractivity contribution in [3.63, 3.8) is 0 Å². The van der Waals surface area contributed by atoms with E-state index < -0.39 is 0 Å². The third-order valence-corrected chi connectivity index (χ3v) is 3.50. The predicted octanol–water partition coefficient (Wildman–Crippen LogP) is 0.539. The maximum absolute atomic E-state index is 11.9. The van der Waals surface area contributed by atoms with Crippen molar-refractivity contribution in [1.82, 2.24) is 20.6 Å². The SMILES string of the molecule is O=C(NCCNCc1nc2ccccc2c(=O)[nH]1)C1CC1. The molecule has 1 aliphatic carbocycles. The summed E-state index contributed by atoms with van der Waals surface area (Å²) in [6.45, 7) is 1.71. The second kappa shape index (κ2) is 6.05. The summed E-state index contributed by atoms with van der Waals surface area (Å²) >= 11 is 0. The van der Waals surface area contributed by atoms with Crippen LogP contribution in [0.3, 0.4) is 0 Å². The topological polar surface area (TPSA) is 86.9 Å². The van der Waals surface area contributed by atoms with Crippen molar-refractivity contribution in [2.24, 2.45) is 5.92 Å². The van der Waals surface area contributed by atoms with Gasteiger partial charge in [0, 0.05) is 19.0 Å². The molecule has 6 nitrogen and oxygen atoms in total. The van der Waals surface area contributed by atoms with Gasteiger partial charge in [0.2, 0.25) is 5.91 Å². The number of hydrogen-bond donors (Lipinski definition) is 3. The van der Waals surface area contributed by atoms with Gasteiger partial charge in [-0.2, -0.15) is 0 Å². The number of fused-ring (bicyclic) bond motifs is 1. The van der Waals surface area contributed by atoms with E-state index in [2.05, 4.69) is 20.6 Å². The number of amides is 1. The first kappa shape index (κ1) is 13.8. The highest BCUT2D eigenvalue weighted by Crippen LogP contribution is 2.28. The van der Waals surface area contributed by atoms with E-state index in [4.69, 9.17) is 0 Å². The van der Waals surface area contributed by atoms with Crippen molar-refractivity contribution in [3.05, 3.63) is 40.4 Å². The summed E-state index contributed by atoms with van der Waals surface area (Å²) in [4.78, 5) is 30.5. The zero-order valence-electron chi connectivity index (χ0n) is 11.7. The monoisotopic (exact) mass is 286 g/mol. The van der Waals surface area contributed by atoms with Crippen LogP contribution in [0.2, 0.25) is 0 Å².